The van der Waals surface area contributed by atoms with Crippen LogP contribution in [0.4, 0.5) is 20.4 Å². The van der Waals surface area contributed by atoms with Crippen molar-refractivity contribution in [3.8, 4) is 11.3 Å². The van der Waals surface area contributed by atoms with Gasteiger partial charge in [-0.2, -0.15) is 0 Å². The highest BCUT2D eigenvalue weighted by atomic mass is 19.3. The number of nitrogens with zero attached hydrogens (tertiary/aromatic N) is 4. The third-order valence-corrected chi connectivity index (χ3v) is 3.26. The van der Waals surface area contributed by atoms with E-state index in [1.54, 1.807) is 31.2 Å². The maximum atomic E-state index is 12.7. The first kappa shape index (κ1) is 14.2. The largest absolute Gasteiger partial charge is 0.384 e. The van der Waals surface area contributed by atoms with Crippen molar-refractivity contribution in [1.82, 2.24) is 19.5 Å². The van der Waals surface area contributed by atoms with Gasteiger partial charge in [-0.25, -0.2) is 23.7 Å². The molecule has 0 aliphatic rings. The Hall–Kier alpha value is -2.77. The van der Waals surface area contributed by atoms with Crippen LogP contribution in [0, 0.1) is 6.92 Å². The molecule has 0 saturated heterocycles. The number of pyridine rings is 2. The highest BCUT2D eigenvalue weighted by Crippen LogP contribution is 2.24. The van der Waals surface area contributed by atoms with Crippen molar-refractivity contribution in [3.05, 3.63) is 30.1 Å². The van der Waals surface area contributed by atoms with Crippen molar-refractivity contribution in [2.75, 3.05) is 11.5 Å². The van der Waals surface area contributed by atoms with Crippen LogP contribution in [0.15, 0.2) is 24.3 Å². The number of nitrogen functional groups attached to an aromatic ring is 2. The summed E-state index contributed by atoms with van der Waals surface area (Å²) in [6, 6.07) is 6.74. The van der Waals surface area contributed by atoms with Gasteiger partial charge < -0.3 is 16.0 Å². The molecule has 0 radical (unpaired) electrons. The van der Waals surface area contributed by atoms with E-state index in [2.05, 4.69) is 15.0 Å². The average Bonchev–Trinajstić information content (AvgIpc) is 2.73. The Kier molecular flexibility index (Phi) is 3.36. The van der Waals surface area contributed by atoms with E-state index in [9.17, 15) is 8.78 Å². The highest BCUT2D eigenvalue weighted by Gasteiger charge is 2.14. The second kappa shape index (κ2) is 5.21. The van der Waals surface area contributed by atoms with Crippen LogP contribution in [-0.4, -0.2) is 25.9 Å². The van der Waals surface area contributed by atoms with E-state index in [-0.39, 0.29) is 11.6 Å². The molecule has 3 rings (SSSR count). The number of anilines is 2. The van der Waals surface area contributed by atoms with E-state index in [4.69, 9.17) is 11.5 Å². The number of rotatable bonds is 3. The monoisotopic (exact) mass is 304 g/mol. The van der Waals surface area contributed by atoms with Crippen LogP contribution in [0.5, 0.6) is 0 Å². The van der Waals surface area contributed by atoms with Gasteiger partial charge in [0.05, 0.1) is 12.2 Å². The lowest BCUT2D eigenvalue weighted by Crippen LogP contribution is -2.09. The molecule has 3 aromatic heterocycles. The Labute approximate surface area is 124 Å². The van der Waals surface area contributed by atoms with Crippen LogP contribution < -0.4 is 11.5 Å². The lowest BCUT2D eigenvalue weighted by molar-refractivity contribution is 0.127. The predicted molar refractivity (Wildman–Crippen MR) is 80.3 cm³/mol. The Bertz CT molecular complexity index is 822. The van der Waals surface area contributed by atoms with Crippen LogP contribution in [0.3, 0.4) is 0 Å². The normalized spacial score (nSPS) is 11.5. The zero-order chi connectivity index (χ0) is 15.9. The fourth-order valence-corrected chi connectivity index (χ4v) is 2.35. The third-order valence-electron chi connectivity index (χ3n) is 3.26. The van der Waals surface area contributed by atoms with Crippen molar-refractivity contribution in [1.29, 1.82) is 0 Å². The maximum Gasteiger partial charge on any atom is 0.256 e. The first-order chi connectivity index (χ1) is 10.4. The standard InChI is InChI=1S/C14H14F2N6/c1-7-19-10-3-2-9(8-4-12(17)21-13(18)5-8)20-14(10)22(7)6-11(15)16/h2-5,11H,6H2,1H3,(H4,17,18,21). The number of nitrogens with two attached hydrogens (primary N) is 2. The van der Waals surface area contributed by atoms with Gasteiger partial charge in [0.15, 0.2) is 5.65 Å². The molecule has 114 valence electrons. The molecular weight excluding hydrogens is 290 g/mol. The fourth-order valence-electron chi connectivity index (χ4n) is 2.35. The molecule has 0 unspecified atom stereocenters. The van der Waals surface area contributed by atoms with E-state index in [0.717, 1.165) is 0 Å². The smallest absolute Gasteiger partial charge is 0.256 e. The third kappa shape index (κ3) is 2.54. The van der Waals surface area contributed by atoms with Gasteiger partial charge in [-0.15, -0.1) is 0 Å². The van der Waals surface area contributed by atoms with Crippen LogP contribution in [0.1, 0.15) is 5.82 Å². The second-order valence-electron chi connectivity index (χ2n) is 4.91. The quantitative estimate of drug-likeness (QED) is 0.773. The zero-order valence-corrected chi connectivity index (χ0v) is 11.8. The number of imidazole rings is 1. The molecule has 0 spiro atoms. The summed E-state index contributed by atoms with van der Waals surface area (Å²) in [7, 11) is 0. The van der Waals surface area contributed by atoms with Gasteiger partial charge in [-0.1, -0.05) is 0 Å². The van der Waals surface area contributed by atoms with E-state index in [1.807, 2.05) is 0 Å². The Morgan fingerprint density at radius 1 is 1.09 bits per heavy atom. The zero-order valence-electron chi connectivity index (χ0n) is 11.8. The second-order valence-corrected chi connectivity index (χ2v) is 4.91. The molecule has 0 saturated carbocycles. The molecule has 0 amide bonds. The molecule has 4 N–H and O–H groups in total. The number of halogens is 2. The average molecular weight is 304 g/mol. The van der Waals surface area contributed by atoms with Gasteiger partial charge in [-0.05, 0) is 31.2 Å². The molecule has 0 aromatic carbocycles. The maximum absolute atomic E-state index is 12.7. The van der Waals surface area contributed by atoms with E-state index in [0.29, 0.717) is 28.2 Å². The first-order valence-electron chi connectivity index (χ1n) is 6.59. The minimum absolute atomic E-state index is 0.272. The molecule has 8 heteroatoms. The van der Waals surface area contributed by atoms with E-state index in [1.165, 1.54) is 4.57 Å². The minimum atomic E-state index is -2.48. The molecule has 0 aliphatic heterocycles. The summed E-state index contributed by atoms with van der Waals surface area (Å²) in [6.45, 7) is 1.23. The number of fused-ring (bicyclic) bond motifs is 1. The summed E-state index contributed by atoms with van der Waals surface area (Å²) in [5.74, 6) is 1.04. The lowest BCUT2D eigenvalue weighted by Gasteiger charge is -2.07. The van der Waals surface area contributed by atoms with E-state index >= 15 is 0 Å². The molecule has 3 heterocycles. The van der Waals surface area contributed by atoms with Crippen LogP contribution in [0.2, 0.25) is 0 Å². The van der Waals surface area contributed by atoms with Crippen molar-refractivity contribution >= 4 is 22.8 Å². The molecule has 22 heavy (non-hydrogen) atoms. The van der Waals surface area contributed by atoms with Gasteiger partial charge in [0, 0.05) is 5.56 Å². The van der Waals surface area contributed by atoms with Crippen molar-refractivity contribution in [2.24, 2.45) is 0 Å². The minimum Gasteiger partial charge on any atom is -0.384 e. The molecule has 0 fully saturated rings. The molecule has 0 bridgehead atoms. The van der Waals surface area contributed by atoms with Crippen LogP contribution in [-0.2, 0) is 6.54 Å². The summed E-state index contributed by atoms with van der Waals surface area (Å²) in [5.41, 5.74) is 13.6. The number of hydrogen-bond acceptors (Lipinski definition) is 5. The Morgan fingerprint density at radius 3 is 2.41 bits per heavy atom. The molecule has 0 atom stereocenters. The summed E-state index contributed by atoms with van der Waals surface area (Å²) in [4.78, 5) is 12.6. The molecular formula is C14H14F2N6. The van der Waals surface area contributed by atoms with Gasteiger partial charge in [0.25, 0.3) is 6.43 Å². The predicted octanol–water partition coefficient (Wildman–Crippen LogP) is 2.23. The van der Waals surface area contributed by atoms with Crippen LogP contribution >= 0.6 is 0 Å². The van der Waals surface area contributed by atoms with Gasteiger partial charge in [0.1, 0.15) is 23.0 Å². The number of aromatic nitrogens is 4. The summed E-state index contributed by atoms with van der Waals surface area (Å²) < 4.78 is 26.8. The van der Waals surface area contributed by atoms with Gasteiger partial charge >= 0.3 is 0 Å². The number of aryl methyl sites for hydroxylation is 1. The van der Waals surface area contributed by atoms with Crippen molar-refractivity contribution in [3.63, 3.8) is 0 Å². The topological polar surface area (TPSA) is 95.6 Å². The number of alkyl halides is 2. The highest BCUT2D eigenvalue weighted by molar-refractivity contribution is 5.77. The molecule has 6 nitrogen and oxygen atoms in total. The summed E-state index contributed by atoms with van der Waals surface area (Å²) in [5, 5.41) is 0. The van der Waals surface area contributed by atoms with Crippen LogP contribution in [0.25, 0.3) is 22.4 Å². The molecule has 0 aliphatic carbocycles. The fraction of sp³-hybridized carbons (Fsp3) is 0.214. The van der Waals surface area contributed by atoms with Crippen molar-refractivity contribution < 1.29 is 8.78 Å². The first-order valence-corrected chi connectivity index (χ1v) is 6.59. The van der Waals surface area contributed by atoms with E-state index < -0.39 is 13.0 Å². The lowest BCUT2D eigenvalue weighted by atomic mass is 10.1. The summed E-state index contributed by atoms with van der Waals surface area (Å²) >= 11 is 0. The Balaban J connectivity index is 2.16. The number of hydrogen-bond donors (Lipinski definition) is 2. The SMILES string of the molecule is Cc1nc2ccc(-c3cc(N)nc(N)c3)nc2n1CC(F)F. The van der Waals surface area contributed by atoms with Gasteiger partial charge in [-0.3, -0.25) is 0 Å². The Morgan fingerprint density at radius 2 is 1.77 bits per heavy atom. The van der Waals surface area contributed by atoms with Gasteiger partial charge in [0.2, 0.25) is 0 Å². The van der Waals surface area contributed by atoms with Crippen molar-refractivity contribution in [2.45, 2.75) is 19.9 Å². The summed E-state index contributed by atoms with van der Waals surface area (Å²) in [6.07, 6.45) is -2.48. The molecule has 3 aromatic rings.